The van der Waals surface area contributed by atoms with Crippen molar-refractivity contribution < 1.29 is 14.0 Å². The number of rotatable bonds is 4. The Hall–Kier alpha value is -3.35. The lowest BCUT2D eigenvalue weighted by atomic mass is 10.2. The minimum absolute atomic E-state index is 0.408. The molecule has 0 fully saturated rings. The number of nitrogens with zero attached hydrogens (tertiary/aromatic N) is 2. The summed E-state index contributed by atoms with van der Waals surface area (Å²) in [5, 5.41) is 9.39. The Morgan fingerprint density at radius 3 is 2.64 bits per heavy atom. The zero-order chi connectivity index (χ0) is 17.8. The molecule has 0 aliphatic rings. The average Bonchev–Trinajstić information content (AvgIpc) is 3.27. The van der Waals surface area contributed by atoms with Gasteiger partial charge in [-0.2, -0.15) is 5.10 Å². The molecule has 3 aromatic rings. The maximum absolute atomic E-state index is 12.2. The van der Waals surface area contributed by atoms with Gasteiger partial charge in [-0.05, 0) is 37.6 Å². The number of aromatic nitrogens is 2. The molecular weight excluding hydrogens is 320 g/mol. The van der Waals surface area contributed by atoms with Gasteiger partial charge < -0.3 is 15.1 Å². The number of anilines is 1. The van der Waals surface area contributed by atoms with Crippen LogP contribution in [0.15, 0.2) is 59.3 Å². The zero-order valence-electron chi connectivity index (χ0n) is 13.9. The molecular formula is C18H18N4O3. The summed E-state index contributed by atoms with van der Waals surface area (Å²) < 4.78 is 6.79. The molecule has 2 amide bonds. The van der Waals surface area contributed by atoms with E-state index in [2.05, 4.69) is 15.7 Å². The minimum atomic E-state index is -0.770. The number of nitrogens with one attached hydrogen (secondary N) is 2. The number of aryl methyl sites for hydroxylation is 1. The molecule has 0 unspecified atom stereocenters. The molecule has 1 atom stereocenters. The van der Waals surface area contributed by atoms with Crippen molar-refractivity contribution in [1.29, 1.82) is 0 Å². The van der Waals surface area contributed by atoms with Crippen molar-refractivity contribution in [2.75, 3.05) is 5.32 Å². The molecule has 0 aliphatic heterocycles. The van der Waals surface area contributed by atoms with Crippen LogP contribution in [0.3, 0.4) is 0 Å². The normalized spacial score (nSPS) is 11.8. The number of amides is 2. The van der Waals surface area contributed by atoms with Crippen molar-refractivity contribution in [2.24, 2.45) is 0 Å². The molecule has 0 saturated carbocycles. The fraction of sp³-hybridized carbons (Fsp3) is 0.167. The highest BCUT2D eigenvalue weighted by molar-refractivity contribution is 6.39. The van der Waals surface area contributed by atoms with Crippen LogP contribution < -0.4 is 10.6 Å². The third-order valence-corrected chi connectivity index (χ3v) is 3.75. The van der Waals surface area contributed by atoms with Crippen molar-refractivity contribution >= 4 is 17.6 Å². The molecule has 1 aromatic carbocycles. The molecule has 2 N–H and O–H groups in total. The van der Waals surface area contributed by atoms with Gasteiger partial charge in [-0.1, -0.05) is 18.2 Å². The minimum Gasteiger partial charge on any atom is -0.467 e. The third-order valence-electron chi connectivity index (χ3n) is 3.75. The van der Waals surface area contributed by atoms with E-state index in [4.69, 9.17) is 4.42 Å². The summed E-state index contributed by atoms with van der Waals surface area (Å²) in [6.45, 7) is 3.68. The molecule has 7 heteroatoms. The lowest BCUT2D eigenvalue weighted by molar-refractivity contribution is -0.136. The SMILES string of the molecule is Cc1ccccc1-n1nccc1NC(=O)C(=O)N[C@@H](C)c1ccco1. The van der Waals surface area contributed by atoms with E-state index in [0.717, 1.165) is 11.3 Å². The van der Waals surface area contributed by atoms with E-state index in [9.17, 15) is 9.59 Å². The number of hydrogen-bond donors (Lipinski definition) is 2. The van der Waals surface area contributed by atoms with Gasteiger partial charge in [-0.3, -0.25) is 9.59 Å². The van der Waals surface area contributed by atoms with Gasteiger partial charge in [0.05, 0.1) is 24.2 Å². The largest absolute Gasteiger partial charge is 0.467 e. The van der Waals surface area contributed by atoms with Gasteiger partial charge in [0, 0.05) is 6.07 Å². The highest BCUT2D eigenvalue weighted by atomic mass is 16.3. The fourth-order valence-corrected chi connectivity index (χ4v) is 2.44. The Morgan fingerprint density at radius 1 is 1.12 bits per heavy atom. The number of hydrogen-bond acceptors (Lipinski definition) is 4. The summed E-state index contributed by atoms with van der Waals surface area (Å²) >= 11 is 0. The van der Waals surface area contributed by atoms with Gasteiger partial charge >= 0.3 is 11.8 Å². The first kappa shape index (κ1) is 16.5. The summed E-state index contributed by atoms with van der Waals surface area (Å²) in [5.74, 6) is -0.527. The van der Waals surface area contributed by atoms with Crippen molar-refractivity contribution in [1.82, 2.24) is 15.1 Å². The van der Waals surface area contributed by atoms with E-state index in [-0.39, 0.29) is 0 Å². The van der Waals surface area contributed by atoms with Gasteiger partial charge in [0.15, 0.2) is 0 Å². The number of furan rings is 1. The molecule has 0 aliphatic carbocycles. The monoisotopic (exact) mass is 338 g/mol. The predicted octanol–water partition coefficient (Wildman–Crippen LogP) is 2.59. The fourth-order valence-electron chi connectivity index (χ4n) is 2.44. The average molecular weight is 338 g/mol. The second kappa shape index (κ2) is 7.04. The quantitative estimate of drug-likeness (QED) is 0.716. The summed E-state index contributed by atoms with van der Waals surface area (Å²) in [6, 6.07) is 12.3. The molecule has 0 saturated heterocycles. The summed E-state index contributed by atoms with van der Waals surface area (Å²) in [6.07, 6.45) is 3.07. The molecule has 0 bridgehead atoms. The van der Waals surface area contributed by atoms with Gasteiger partial charge in [0.1, 0.15) is 11.6 Å². The van der Waals surface area contributed by atoms with Crippen molar-refractivity contribution in [2.45, 2.75) is 19.9 Å². The maximum Gasteiger partial charge on any atom is 0.314 e. The smallest absolute Gasteiger partial charge is 0.314 e. The van der Waals surface area contributed by atoms with Crippen molar-refractivity contribution in [3.8, 4) is 5.69 Å². The van der Waals surface area contributed by atoms with E-state index in [1.54, 1.807) is 36.0 Å². The van der Waals surface area contributed by atoms with Crippen LogP contribution in [0.25, 0.3) is 5.69 Å². The Balaban J connectivity index is 1.71. The van der Waals surface area contributed by atoms with Crippen LogP contribution in [0, 0.1) is 6.92 Å². The Kier molecular flexibility index (Phi) is 4.65. The molecule has 25 heavy (non-hydrogen) atoms. The van der Waals surface area contributed by atoms with Gasteiger partial charge in [0.2, 0.25) is 0 Å². The van der Waals surface area contributed by atoms with Crippen LogP contribution in [-0.4, -0.2) is 21.6 Å². The van der Waals surface area contributed by atoms with Crippen LogP contribution in [-0.2, 0) is 9.59 Å². The van der Waals surface area contributed by atoms with Crippen LogP contribution in [0.2, 0.25) is 0 Å². The standard InChI is InChI=1S/C18H18N4O3/c1-12-6-3-4-7-14(12)22-16(9-10-19-22)21-18(24)17(23)20-13(2)15-8-5-11-25-15/h3-11,13H,1-2H3,(H,20,23)(H,21,24)/t13-/m0/s1. The van der Waals surface area contributed by atoms with Crippen molar-refractivity contribution in [3.05, 3.63) is 66.2 Å². The second-order valence-corrected chi connectivity index (χ2v) is 5.58. The highest BCUT2D eigenvalue weighted by Crippen LogP contribution is 2.18. The third kappa shape index (κ3) is 3.60. The molecule has 7 nitrogen and oxygen atoms in total. The highest BCUT2D eigenvalue weighted by Gasteiger charge is 2.20. The summed E-state index contributed by atoms with van der Waals surface area (Å²) in [5.41, 5.74) is 1.82. The van der Waals surface area contributed by atoms with E-state index in [1.165, 1.54) is 6.26 Å². The van der Waals surface area contributed by atoms with Crippen LogP contribution in [0.4, 0.5) is 5.82 Å². The first-order valence-electron chi connectivity index (χ1n) is 7.81. The number of carbonyl (C=O) groups is 2. The molecule has 2 heterocycles. The summed E-state index contributed by atoms with van der Waals surface area (Å²) in [4.78, 5) is 24.3. The zero-order valence-corrected chi connectivity index (χ0v) is 13.9. The van der Waals surface area contributed by atoms with Gasteiger partial charge in [-0.25, -0.2) is 4.68 Å². The molecule has 128 valence electrons. The first-order chi connectivity index (χ1) is 12.1. The topological polar surface area (TPSA) is 89.2 Å². The number of para-hydroxylation sites is 1. The van der Waals surface area contributed by atoms with Crippen LogP contribution >= 0.6 is 0 Å². The first-order valence-corrected chi connectivity index (χ1v) is 7.81. The predicted molar refractivity (Wildman–Crippen MR) is 92.2 cm³/mol. The lowest BCUT2D eigenvalue weighted by Gasteiger charge is -2.13. The Bertz CT molecular complexity index is 883. The molecule has 0 spiro atoms. The number of benzene rings is 1. The van der Waals surface area contributed by atoms with E-state index >= 15 is 0 Å². The molecule has 3 rings (SSSR count). The number of carbonyl (C=O) groups excluding carboxylic acids is 2. The maximum atomic E-state index is 12.2. The van der Waals surface area contributed by atoms with Crippen molar-refractivity contribution in [3.63, 3.8) is 0 Å². The molecule has 0 radical (unpaired) electrons. The van der Waals surface area contributed by atoms with Gasteiger partial charge in [0.25, 0.3) is 0 Å². The van der Waals surface area contributed by atoms with E-state index in [1.807, 2.05) is 31.2 Å². The Morgan fingerprint density at radius 2 is 1.92 bits per heavy atom. The van der Waals surface area contributed by atoms with E-state index in [0.29, 0.717) is 11.6 Å². The van der Waals surface area contributed by atoms with E-state index < -0.39 is 17.9 Å². The lowest BCUT2D eigenvalue weighted by Crippen LogP contribution is -2.37. The Labute approximate surface area is 144 Å². The van der Waals surface area contributed by atoms with Crippen LogP contribution in [0.5, 0.6) is 0 Å². The van der Waals surface area contributed by atoms with Gasteiger partial charge in [-0.15, -0.1) is 0 Å². The second-order valence-electron chi connectivity index (χ2n) is 5.58. The molecule has 2 aromatic heterocycles. The summed E-state index contributed by atoms with van der Waals surface area (Å²) in [7, 11) is 0. The van der Waals surface area contributed by atoms with Crippen LogP contribution in [0.1, 0.15) is 24.3 Å².